The van der Waals surface area contributed by atoms with Gasteiger partial charge in [0.15, 0.2) is 0 Å². The van der Waals surface area contributed by atoms with E-state index in [-0.39, 0.29) is 11.9 Å². The summed E-state index contributed by atoms with van der Waals surface area (Å²) in [7, 11) is 1.62. The van der Waals surface area contributed by atoms with Crippen LogP contribution in [0.1, 0.15) is 12.0 Å². The summed E-state index contributed by atoms with van der Waals surface area (Å²) >= 11 is 0. The second kappa shape index (κ2) is 7.81. The molecule has 0 fully saturated rings. The number of carbonyl (C=O) groups excluding carboxylic acids is 1. The molecule has 3 N–H and O–H groups in total. The number of carbonyl (C=O) groups is 1. The van der Waals surface area contributed by atoms with E-state index in [2.05, 4.69) is 5.32 Å². The highest BCUT2D eigenvalue weighted by Crippen LogP contribution is 1.99. The third kappa shape index (κ3) is 6.04. The normalized spacial score (nSPS) is 12.1. The van der Waals surface area contributed by atoms with Gasteiger partial charge < -0.3 is 15.8 Å². The fourth-order valence-corrected chi connectivity index (χ4v) is 1.54. The number of nitrogens with one attached hydrogen (secondary N) is 1. The first kappa shape index (κ1) is 13.7. The van der Waals surface area contributed by atoms with Crippen molar-refractivity contribution in [2.75, 3.05) is 20.3 Å². The number of nitrogens with two attached hydrogens (primary N) is 1. The molecule has 0 bridgehead atoms. The molecule has 0 aliphatic rings. The topological polar surface area (TPSA) is 64.3 Å². The van der Waals surface area contributed by atoms with Crippen molar-refractivity contribution < 1.29 is 9.53 Å². The van der Waals surface area contributed by atoms with E-state index in [1.807, 2.05) is 30.3 Å². The van der Waals surface area contributed by atoms with Crippen molar-refractivity contribution in [2.45, 2.75) is 18.9 Å². The Hall–Kier alpha value is -1.39. The van der Waals surface area contributed by atoms with Crippen LogP contribution in [0, 0.1) is 0 Å². The van der Waals surface area contributed by atoms with E-state index in [4.69, 9.17) is 10.5 Å². The SMILES string of the molecule is COCC(N)CCNC(=O)Cc1ccccc1. The molecule has 0 heterocycles. The van der Waals surface area contributed by atoms with Crippen LogP contribution < -0.4 is 11.1 Å². The van der Waals surface area contributed by atoms with Gasteiger partial charge in [-0.05, 0) is 12.0 Å². The highest BCUT2D eigenvalue weighted by Gasteiger charge is 2.04. The quantitative estimate of drug-likeness (QED) is 0.733. The lowest BCUT2D eigenvalue weighted by molar-refractivity contribution is -0.120. The predicted molar refractivity (Wildman–Crippen MR) is 67.6 cm³/mol. The summed E-state index contributed by atoms with van der Waals surface area (Å²) < 4.78 is 4.92. The van der Waals surface area contributed by atoms with E-state index in [9.17, 15) is 4.79 Å². The number of hydrogen-bond acceptors (Lipinski definition) is 3. The van der Waals surface area contributed by atoms with Gasteiger partial charge in [0, 0.05) is 19.7 Å². The van der Waals surface area contributed by atoms with Crippen molar-refractivity contribution in [3.8, 4) is 0 Å². The number of amides is 1. The van der Waals surface area contributed by atoms with Gasteiger partial charge in [0.2, 0.25) is 5.91 Å². The molecule has 1 rings (SSSR count). The van der Waals surface area contributed by atoms with Crippen LogP contribution in [-0.2, 0) is 16.0 Å². The summed E-state index contributed by atoms with van der Waals surface area (Å²) in [4.78, 5) is 11.6. The molecule has 4 nitrogen and oxygen atoms in total. The van der Waals surface area contributed by atoms with Gasteiger partial charge in [-0.3, -0.25) is 4.79 Å². The first-order valence-electron chi connectivity index (χ1n) is 5.77. The first-order chi connectivity index (χ1) is 8.22. The van der Waals surface area contributed by atoms with Gasteiger partial charge in [-0.2, -0.15) is 0 Å². The molecule has 1 unspecified atom stereocenters. The number of rotatable bonds is 7. The minimum absolute atomic E-state index is 0.0166. The van der Waals surface area contributed by atoms with Crippen molar-refractivity contribution in [3.05, 3.63) is 35.9 Å². The van der Waals surface area contributed by atoms with E-state index in [0.717, 1.165) is 12.0 Å². The number of hydrogen-bond donors (Lipinski definition) is 2. The van der Waals surface area contributed by atoms with Crippen LogP contribution in [-0.4, -0.2) is 32.2 Å². The Morgan fingerprint density at radius 2 is 2.12 bits per heavy atom. The average Bonchev–Trinajstić information content (AvgIpc) is 2.30. The van der Waals surface area contributed by atoms with Crippen LogP contribution >= 0.6 is 0 Å². The summed E-state index contributed by atoms with van der Waals surface area (Å²) in [6, 6.07) is 9.66. The molecule has 0 saturated heterocycles. The second-order valence-electron chi connectivity index (χ2n) is 4.02. The lowest BCUT2D eigenvalue weighted by Gasteiger charge is -2.10. The van der Waals surface area contributed by atoms with Crippen LogP contribution in [0.4, 0.5) is 0 Å². The van der Waals surface area contributed by atoms with E-state index >= 15 is 0 Å². The minimum atomic E-state index is -0.0166. The lowest BCUT2D eigenvalue weighted by atomic mass is 10.1. The van der Waals surface area contributed by atoms with Crippen LogP contribution in [0.15, 0.2) is 30.3 Å². The molecule has 0 aliphatic heterocycles. The maximum atomic E-state index is 11.6. The molecule has 0 radical (unpaired) electrons. The summed E-state index contributed by atoms with van der Waals surface area (Å²) in [5.41, 5.74) is 6.77. The molecule has 4 heteroatoms. The van der Waals surface area contributed by atoms with Gasteiger partial charge in [-0.15, -0.1) is 0 Å². The summed E-state index contributed by atoms with van der Waals surface area (Å²) in [6.07, 6.45) is 1.15. The Labute approximate surface area is 102 Å². The molecule has 94 valence electrons. The molecule has 0 aliphatic carbocycles. The van der Waals surface area contributed by atoms with E-state index in [1.54, 1.807) is 7.11 Å². The van der Waals surface area contributed by atoms with Gasteiger partial charge >= 0.3 is 0 Å². The third-order valence-electron chi connectivity index (χ3n) is 2.43. The zero-order valence-electron chi connectivity index (χ0n) is 10.2. The van der Waals surface area contributed by atoms with Crippen molar-refractivity contribution in [2.24, 2.45) is 5.73 Å². The van der Waals surface area contributed by atoms with E-state index < -0.39 is 0 Å². The standard InChI is InChI=1S/C13H20N2O2/c1-17-10-12(14)7-8-15-13(16)9-11-5-3-2-4-6-11/h2-6,12H,7-10,14H2,1H3,(H,15,16). The van der Waals surface area contributed by atoms with Gasteiger partial charge in [0.25, 0.3) is 0 Å². The second-order valence-corrected chi connectivity index (χ2v) is 4.02. The molecular weight excluding hydrogens is 216 g/mol. The molecule has 0 aromatic heterocycles. The molecular formula is C13H20N2O2. The molecule has 17 heavy (non-hydrogen) atoms. The van der Waals surface area contributed by atoms with Crippen molar-refractivity contribution in [1.82, 2.24) is 5.32 Å². The Morgan fingerprint density at radius 1 is 1.41 bits per heavy atom. The molecule has 0 spiro atoms. The molecule has 1 amide bonds. The lowest BCUT2D eigenvalue weighted by Crippen LogP contribution is -2.33. The Bertz CT molecular complexity index is 327. The van der Waals surface area contributed by atoms with Gasteiger partial charge in [-0.1, -0.05) is 30.3 Å². The summed E-state index contributed by atoms with van der Waals surface area (Å²) in [6.45, 7) is 1.12. The number of methoxy groups -OCH3 is 1. The largest absolute Gasteiger partial charge is 0.383 e. The van der Waals surface area contributed by atoms with Crippen LogP contribution in [0.5, 0.6) is 0 Å². The highest BCUT2D eigenvalue weighted by molar-refractivity contribution is 5.78. The Balaban J connectivity index is 2.18. The first-order valence-corrected chi connectivity index (χ1v) is 5.77. The van der Waals surface area contributed by atoms with E-state index in [1.165, 1.54) is 0 Å². The third-order valence-corrected chi connectivity index (χ3v) is 2.43. The fourth-order valence-electron chi connectivity index (χ4n) is 1.54. The predicted octanol–water partition coefficient (Wildman–Crippen LogP) is 0.709. The number of benzene rings is 1. The molecule has 1 aromatic carbocycles. The summed E-state index contributed by atoms with van der Waals surface area (Å²) in [5.74, 6) is 0.0285. The van der Waals surface area contributed by atoms with Crippen molar-refractivity contribution in [3.63, 3.8) is 0 Å². The maximum absolute atomic E-state index is 11.6. The fraction of sp³-hybridized carbons (Fsp3) is 0.462. The maximum Gasteiger partial charge on any atom is 0.224 e. The van der Waals surface area contributed by atoms with Crippen molar-refractivity contribution in [1.29, 1.82) is 0 Å². The van der Waals surface area contributed by atoms with Gasteiger partial charge in [0.05, 0.1) is 13.0 Å². The molecule has 1 aromatic rings. The van der Waals surface area contributed by atoms with Gasteiger partial charge in [-0.25, -0.2) is 0 Å². The number of ether oxygens (including phenoxy) is 1. The van der Waals surface area contributed by atoms with Crippen molar-refractivity contribution >= 4 is 5.91 Å². The Morgan fingerprint density at radius 3 is 2.76 bits per heavy atom. The van der Waals surface area contributed by atoms with Crippen LogP contribution in [0.2, 0.25) is 0 Å². The zero-order chi connectivity index (χ0) is 12.5. The molecule has 0 saturated carbocycles. The monoisotopic (exact) mass is 236 g/mol. The minimum Gasteiger partial charge on any atom is -0.383 e. The highest BCUT2D eigenvalue weighted by atomic mass is 16.5. The van der Waals surface area contributed by atoms with Crippen LogP contribution in [0.3, 0.4) is 0 Å². The Kier molecular flexibility index (Phi) is 6.29. The summed E-state index contributed by atoms with van der Waals surface area (Å²) in [5, 5.41) is 2.85. The van der Waals surface area contributed by atoms with Gasteiger partial charge in [0.1, 0.15) is 0 Å². The smallest absolute Gasteiger partial charge is 0.224 e. The molecule has 1 atom stereocenters. The average molecular weight is 236 g/mol. The van der Waals surface area contributed by atoms with Crippen LogP contribution in [0.25, 0.3) is 0 Å². The zero-order valence-corrected chi connectivity index (χ0v) is 10.2. The van der Waals surface area contributed by atoms with E-state index in [0.29, 0.717) is 19.6 Å².